The van der Waals surface area contributed by atoms with Gasteiger partial charge in [0.2, 0.25) is 0 Å². The van der Waals surface area contributed by atoms with Crippen LogP contribution in [0.3, 0.4) is 0 Å². The SMILES string of the molecule is CN(CCc1ccccn1)c1nc(N)cn2ccnc12. The zero-order valence-corrected chi connectivity index (χ0v) is 11.3. The molecule has 0 atom stereocenters. The van der Waals surface area contributed by atoms with E-state index in [2.05, 4.69) is 15.0 Å². The molecule has 0 unspecified atom stereocenters. The molecule has 3 rings (SSSR count). The summed E-state index contributed by atoms with van der Waals surface area (Å²) in [6.45, 7) is 0.802. The molecule has 0 amide bonds. The number of nitrogens with two attached hydrogens (primary N) is 1. The fourth-order valence-electron chi connectivity index (χ4n) is 2.12. The topological polar surface area (TPSA) is 72.3 Å². The summed E-state index contributed by atoms with van der Waals surface area (Å²) < 4.78 is 1.88. The van der Waals surface area contributed by atoms with Crippen LogP contribution in [0.15, 0.2) is 43.0 Å². The molecule has 3 aromatic rings. The molecule has 0 saturated carbocycles. The van der Waals surface area contributed by atoms with E-state index in [-0.39, 0.29) is 0 Å². The van der Waals surface area contributed by atoms with Crippen molar-refractivity contribution < 1.29 is 0 Å². The molecule has 0 saturated heterocycles. The lowest BCUT2D eigenvalue weighted by molar-refractivity contribution is 0.838. The van der Waals surface area contributed by atoms with Crippen molar-refractivity contribution in [3.8, 4) is 0 Å². The lowest BCUT2D eigenvalue weighted by Gasteiger charge is -2.18. The van der Waals surface area contributed by atoms with E-state index in [0.717, 1.165) is 30.1 Å². The van der Waals surface area contributed by atoms with Gasteiger partial charge in [-0.3, -0.25) is 4.98 Å². The Balaban J connectivity index is 1.82. The van der Waals surface area contributed by atoms with Gasteiger partial charge in [0.1, 0.15) is 5.82 Å². The summed E-state index contributed by atoms with van der Waals surface area (Å²) in [7, 11) is 1.99. The molecule has 3 aromatic heterocycles. The van der Waals surface area contributed by atoms with Crippen LogP contribution in [0.4, 0.5) is 11.6 Å². The minimum Gasteiger partial charge on any atom is -0.382 e. The summed E-state index contributed by atoms with van der Waals surface area (Å²) in [5, 5.41) is 0. The summed E-state index contributed by atoms with van der Waals surface area (Å²) in [4.78, 5) is 15.1. The minimum absolute atomic E-state index is 0.482. The van der Waals surface area contributed by atoms with E-state index >= 15 is 0 Å². The van der Waals surface area contributed by atoms with Crippen molar-refractivity contribution in [2.45, 2.75) is 6.42 Å². The molecule has 0 aliphatic carbocycles. The number of likely N-dealkylation sites (N-methyl/N-ethyl adjacent to an activating group) is 1. The Morgan fingerprint density at radius 1 is 1.25 bits per heavy atom. The van der Waals surface area contributed by atoms with E-state index in [1.54, 1.807) is 18.6 Å². The largest absolute Gasteiger partial charge is 0.382 e. The lowest BCUT2D eigenvalue weighted by Crippen LogP contribution is -2.23. The quantitative estimate of drug-likeness (QED) is 0.774. The van der Waals surface area contributed by atoms with Crippen molar-refractivity contribution in [2.75, 3.05) is 24.2 Å². The smallest absolute Gasteiger partial charge is 0.180 e. The summed E-state index contributed by atoms with van der Waals surface area (Å²) in [5.74, 6) is 1.26. The molecule has 0 radical (unpaired) electrons. The number of anilines is 2. The Kier molecular flexibility index (Phi) is 3.20. The Morgan fingerprint density at radius 2 is 2.15 bits per heavy atom. The fraction of sp³-hybridized carbons (Fsp3) is 0.214. The Bertz CT molecular complexity index is 706. The second-order valence-electron chi connectivity index (χ2n) is 4.64. The van der Waals surface area contributed by atoms with E-state index in [0.29, 0.717) is 5.82 Å². The van der Waals surface area contributed by atoms with Gasteiger partial charge >= 0.3 is 0 Å². The summed E-state index contributed by atoms with van der Waals surface area (Å²) in [5.41, 5.74) is 7.70. The molecule has 0 spiro atoms. The molecule has 0 aliphatic rings. The first kappa shape index (κ1) is 12.4. The maximum atomic E-state index is 5.83. The summed E-state index contributed by atoms with van der Waals surface area (Å²) >= 11 is 0. The molecule has 6 nitrogen and oxygen atoms in total. The van der Waals surface area contributed by atoms with Crippen LogP contribution in [0.5, 0.6) is 0 Å². The summed E-state index contributed by atoms with van der Waals surface area (Å²) in [6.07, 6.45) is 8.02. The van der Waals surface area contributed by atoms with Crippen molar-refractivity contribution >= 4 is 17.3 Å². The number of fused-ring (bicyclic) bond motifs is 1. The number of imidazole rings is 1. The molecule has 2 N–H and O–H groups in total. The van der Waals surface area contributed by atoms with Gasteiger partial charge in [0.25, 0.3) is 0 Å². The van der Waals surface area contributed by atoms with E-state index in [1.165, 1.54) is 0 Å². The van der Waals surface area contributed by atoms with Gasteiger partial charge in [-0.15, -0.1) is 0 Å². The molecular formula is C14H16N6. The Morgan fingerprint density at radius 3 is 2.95 bits per heavy atom. The second kappa shape index (κ2) is 5.16. The van der Waals surface area contributed by atoms with Crippen molar-refractivity contribution in [3.05, 3.63) is 48.7 Å². The average molecular weight is 268 g/mol. The molecule has 20 heavy (non-hydrogen) atoms. The highest BCUT2D eigenvalue weighted by Crippen LogP contribution is 2.18. The van der Waals surface area contributed by atoms with Crippen LogP contribution in [-0.2, 0) is 6.42 Å². The van der Waals surface area contributed by atoms with Crippen LogP contribution in [0.2, 0.25) is 0 Å². The van der Waals surface area contributed by atoms with Crippen LogP contribution >= 0.6 is 0 Å². The maximum absolute atomic E-state index is 5.83. The first-order valence-electron chi connectivity index (χ1n) is 6.44. The van der Waals surface area contributed by atoms with Crippen LogP contribution in [0, 0.1) is 0 Å². The molecule has 0 fully saturated rings. The van der Waals surface area contributed by atoms with Gasteiger partial charge in [0.05, 0.1) is 6.20 Å². The third-order valence-electron chi connectivity index (χ3n) is 3.17. The molecule has 0 aromatic carbocycles. The van der Waals surface area contributed by atoms with Crippen LogP contribution < -0.4 is 10.6 Å². The Hall–Kier alpha value is -2.63. The standard InChI is InChI=1S/C14H16N6/c1-19(8-5-11-4-2-3-6-16-11)14-13-17-7-9-20(13)10-12(15)18-14/h2-4,6-7,9-10H,5,8,15H2,1H3. The van der Waals surface area contributed by atoms with Crippen LogP contribution in [0.25, 0.3) is 5.65 Å². The fourth-order valence-corrected chi connectivity index (χ4v) is 2.12. The molecule has 0 bridgehead atoms. The van der Waals surface area contributed by atoms with Crippen LogP contribution in [-0.4, -0.2) is 32.9 Å². The van der Waals surface area contributed by atoms with Crippen molar-refractivity contribution in [1.82, 2.24) is 19.4 Å². The van der Waals surface area contributed by atoms with Gasteiger partial charge in [0, 0.05) is 44.3 Å². The van der Waals surface area contributed by atoms with Crippen molar-refractivity contribution in [2.24, 2.45) is 0 Å². The van der Waals surface area contributed by atoms with E-state index in [9.17, 15) is 0 Å². The van der Waals surface area contributed by atoms with Gasteiger partial charge in [-0.25, -0.2) is 9.97 Å². The molecule has 3 heterocycles. The number of nitrogen functional groups attached to an aromatic ring is 1. The number of pyridine rings is 1. The highest BCUT2D eigenvalue weighted by atomic mass is 15.2. The van der Waals surface area contributed by atoms with Gasteiger partial charge in [-0.1, -0.05) is 6.07 Å². The van der Waals surface area contributed by atoms with Gasteiger partial charge in [-0.2, -0.15) is 0 Å². The molecule has 102 valence electrons. The zero-order chi connectivity index (χ0) is 13.9. The lowest BCUT2D eigenvalue weighted by atomic mass is 10.2. The highest BCUT2D eigenvalue weighted by Gasteiger charge is 2.11. The minimum atomic E-state index is 0.482. The monoisotopic (exact) mass is 268 g/mol. The average Bonchev–Trinajstić information content (AvgIpc) is 2.93. The van der Waals surface area contributed by atoms with Gasteiger partial charge in [0.15, 0.2) is 11.5 Å². The maximum Gasteiger partial charge on any atom is 0.180 e. The number of nitrogens with zero attached hydrogens (tertiary/aromatic N) is 5. The third kappa shape index (κ3) is 2.40. The number of hydrogen-bond donors (Lipinski definition) is 1. The van der Waals surface area contributed by atoms with Gasteiger partial charge < -0.3 is 15.0 Å². The number of rotatable bonds is 4. The Labute approximate surface area is 116 Å². The molecular weight excluding hydrogens is 252 g/mol. The zero-order valence-electron chi connectivity index (χ0n) is 11.3. The first-order valence-corrected chi connectivity index (χ1v) is 6.44. The predicted molar refractivity (Wildman–Crippen MR) is 78.6 cm³/mol. The third-order valence-corrected chi connectivity index (χ3v) is 3.17. The molecule has 0 aliphatic heterocycles. The number of hydrogen-bond acceptors (Lipinski definition) is 5. The van der Waals surface area contributed by atoms with Crippen molar-refractivity contribution in [1.29, 1.82) is 0 Å². The normalized spacial score (nSPS) is 10.8. The number of aromatic nitrogens is 4. The van der Waals surface area contributed by atoms with Gasteiger partial charge in [-0.05, 0) is 12.1 Å². The van der Waals surface area contributed by atoms with E-state index in [4.69, 9.17) is 5.73 Å². The predicted octanol–water partition coefficient (Wildman–Crippen LogP) is 1.39. The van der Waals surface area contributed by atoms with E-state index < -0.39 is 0 Å². The van der Waals surface area contributed by atoms with Crippen LogP contribution in [0.1, 0.15) is 5.69 Å². The molecule has 6 heteroatoms. The first-order chi connectivity index (χ1) is 9.74. The van der Waals surface area contributed by atoms with Crippen molar-refractivity contribution in [3.63, 3.8) is 0 Å². The second-order valence-corrected chi connectivity index (χ2v) is 4.64. The van der Waals surface area contributed by atoms with E-state index in [1.807, 2.05) is 40.7 Å². The highest BCUT2D eigenvalue weighted by molar-refractivity contribution is 5.65. The summed E-state index contributed by atoms with van der Waals surface area (Å²) in [6, 6.07) is 5.93.